The van der Waals surface area contributed by atoms with Crippen molar-refractivity contribution < 1.29 is 100 Å². The van der Waals surface area contributed by atoms with Crippen LogP contribution in [0.2, 0.25) is 0 Å². The summed E-state index contributed by atoms with van der Waals surface area (Å²) < 4.78 is 92.9. The van der Waals surface area contributed by atoms with Crippen molar-refractivity contribution >= 4 is 18.2 Å². The van der Waals surface area contributed by atoms with Crippen LogP contribution in [0.1, 0.15) is 20.8 Å². The monoisotopic (exact) mass is 937 g/mol. The molecule has 2 amide bonds. The minimum Gasteiger partial charge on any atom is -0.480 e. The normalized spacial score (nSPS) is 11.8. The Bertz CT molecular complexity index is 1030. The second kappa shape index (κ2) is 45.6. The maximum Gasteiger partial charge on any atom is 0.407 e. The van der Waals surface area contributed by atoms with E-state index >= 15 is 0 Å². The van der Waals surface area contributed by atoms with E-state index in [9.17, 15) is 19.5 Å². The fraction of sp³-hybridized carbons (Fsp3) is 0.927. The van der Waals surface area contributed by atoms with Crippen LogP contribution in [-0.2, 0) is 85.3 Å². The number of hydrogen-bond donors (Lipinski definition) is 3. The number of amides is 2. The summed E-state index contributed by atoms with van der Waals surface area (Å²) in [5.41, 5.74) is -1.46. The van der Waals surface area contributed by atoms with Gasteiger partial charge in [-0.25, -0.2) is 14.4 Å². The zero-order valence-electron chi connectivity index (χ0n) is 39.0. The van der Waals surface area contributed by atoms with E-state index in [0.717, 1.165) is 0 Å². The molecule has 0 spiro atoms. The molecule has 0 atom stereocenters. The van der Waals surface area contributed by atoms with E-state index in [-0.39, 0.29) is 79.2 Å². The number of nitrogens with one attached hydrogen (secondary N) is 2. The van der Waals surface area contributed by atoms with Crippen LogP contribution in [0, 0.1) is 5.41 Å². The van der Waals surface area contributed by atoms with Crippen LogP contribution in [-0.4, -0.2) is 248 Å². The van der Waals surface area contributed by atoms with Gasteiger partial charge >= 0.3 is 18.2 Å². The molecule has 0 heterocycles. The Labute approximate surface area is 379 Å². The molecule has 0 aliphatic rings. The fourth-order valence-electron chi connectivity index (χ4n) is 4.62. The van der Waals surface area contributed by atoms with Crippen molar-refractivity contribution in [2.75, 3.05) is 219 Å². The van der Waals surface area contributed by atoms with Gasteiger partial charge in [0.05, 0.1) is 184 Å². The predicted octanol–water partition coefficient (Wildman–Crippen LogP) is 0.817. The van der Waals surface area contributed by atoms with E-state index in [1.165, 1.54) is 0 Å². The second-order valence-corrected chi connectivity index (χ2v) is 14.5. The molecule has 0 bridgehead atoms. The van der Waals surface area contributed by atoms with Crippen molar-refractivity contribution in [2.24, 2.45) is 5.41 Å². The standard InChI is InChI=1S/C41H80N2O21/c1-40(2,3)64-39(47)43-7-6-42-38(46)63-31-30-58-23-22-54-18-21-57-26-29-61-35-41(36-62-32-37(44)45,33-59-27-24-55-19-16-52-14-12-50-10-8-48-4)34-60-28-25-56-20-17-53-15-13-51-11-9-49-5/h6-36H2,1-5H3,(H,42,46)(H,43,47)(H,44,45). The Hall–Kier alpha value is -2.59. The molecule has 0 aliphatic carbocycles. The molecule has 3 N–H and O–H groups in total. The third-order valence-corrected chi connectivity index (χ3v) is 7.59. The highest BCUT2D eigenvalue weighted by atomic mass is 16.6. The molecule has 0 saturated heterocycles. The van der Waals surface area contributed by atoms with Crippen molar-refractivity contribution in [3.05, 3.63) is 0 Å². The molecule has 64 heavy (non-hydrogen) atoms. The van der Waals surface area contributed by atoms with Gasteiger partial charge in [0, 0.05) is 27.3 Å². The van der Waals surface area contributed by atoms with Crippen molar-refractivity contribution in [3.8, 4) is 0 Å². The van der Waals surface area contributed by atoms with Gasteiger partial charge in [-0.05, 0) is 20.8 Å². The zero-order chi connectivity index (χ0) is 47.1. The van der Waals surface area contributed by atoms with Gasteiger partial charge < -0.3 is 96.3 Å². The Morgan fingerprint density at radius 2 is 0.672 bits per heavy atom. The number of carbonyl (C=O) groups excluding carboxylic acids is 2. The number of alkyl carbamates (subject to hydrolysis) is 2. The van der Waals surface area contributed by atoms with E-state index in [2.05, 4.69) is 10.6 Å². The molecule has 23 nitrogen and oxygen atoms in total. The summed E-state index contributed by atoms with van der Waals surface area (Å²) in [5.74, 6) is -1.11. The van der Waals surface area contributed by atoms with Crippen molar-refractivity contribution in [1.29, 1.82) is 0 Å². The van der Waals surface area contributed by atoms with Gasteiger partial charge in [-0.15, -0.1) is 0 Å². The molecule has 0 rings (SSSR count). The lowest BCUT2D eigenvalue weighted by atomic mass is 9.92. The Morgan fingerprint density at radius 3 is 0.984 bits per heavy atom. The first-order valence-corrected chi connectivity index (χ1v) is 21.6. The average molecular weight is 937 g/mol. The van der Waals surface area contributed by atoms with E-state index in [1.54, 1.807) is 35.0 Å². The molecule has 0 saturated carbocycles. The van der Waals surface area contributed by atoms with E-state index in [4.69, 9.17) is 80.5 Å². The smallest absolute Gasteiger partial charge is 0.407 e. The SMILES string of the molecule is COCCOCCOCCOCCOCC(COCCOCCOCCOCCOC)(COCCOCCOCCOCCOC(=O)NCCNC(=O)OC(C)(C)C)COCC(=O)O. The summed E-state index contributed by atoms with van der Waals surface area (Å²) in [6.07, 6.45) is -1.19. The van der Waals surface area contributed by atoms with E-state index < -0.39 is 35.8 Å². The van der Waals surface area contributed by atoms with Crippen molar-refractivity contribution in [2.45, 2.75) is 26.4 Å². The summed E-state index contributed by atoms with van der Waals surface area (Å²) in [4.78, 5) is 34.6. The number of carboxylic acid groups (broad SMARTS) is 1. The zero-order valence-corrected chi connectivity index (χ0v) is 39.0. The lowest BCUT2D eigenvalue weighted by molar-refractivity contribution is -0.149. The first-order valence-electron chi connectivity index (χ1n) is 21.6. The molecular formula is C41H80N2O21. The van der Waals surface area contributed by atoms with Gasteiger partial charge in [0.25, 0.3) is 0 Å². The van der Waals surface area contributed by atoms with Gasteiger partial charge in [0.2, 0.25) is 0 Å². The molecule has 0 unspecified atom stereocenters. The highest BCUT2D eigenvalue weighted by molar-refractivity contribution is 5.69. The number of carboxylic acids is 1. The maximum absolute atomic E-state index is 11.7. The Morgan fingerprint density at radius 1 is 0.391 bits per heavy atom. The van der Waals surface area contributed by atoms with E-state index in [0.29, 0.717) is 119 Å². The average Bonchev–Trinajstić information content (AvgIpc) is 3.25. The summed E-state index contributed by atoms with van der Waals surface area (Å²) in [7, 11) is 3.23. The van der Waals surface area contributed by atoms with Crippen molar-refractivity contribution in [3.63, 3.8) is 0 Å². The minimum atomic E-state index is -1.11. The van der Waals surface area contributed by atoms with Crippen LogP contribution < -0.4 is 10.6 Å². The summed E-state index contributed by atoms with van der Waals surface area (Å²) in [6.45, 7) is 14.2. The van der Waals surface area contributed by atoms with Crippen LogP contribution in [0.3, 0.4) is 0 Å². The van der Waals surface area contributed by atoms with Crippen LogP contribution in [0.5, 0.6) is 0 Å². The third kappa shape index (κ3) is 46.0. The van der Waals surface area contributed by atoms with Crippen LogP contribution in [0.15, 0.2) is 0 Å². The number of ether oxygens (including phenoxy) is 17. The molecule has 380 valence electrons. The van der Waals surface area contributed by atoms with Crippen LogP contribution in [0.25, 0.3) is 0 Å². The maximum atomic E-state index is 11.7. The molecule has 0 aromatic heterocycles. The summed E-state index contributed by atoms with van der Waals surface area (Å²) >= 11 is 0. The highest BCUT2D eigenvalue weighted by Crippen LogP contribution is 2.21. The lowest BCUT2D eigenvalue weighted by Gasteiger charge is -2.33. The van der Waals surface area contributed by atoms with Gasteiger partial charge in [-0.1, -0.05) is 0 Å². The first kappa shape index (κ1) is 61.4. The minimum absolute atomic E-state index is 0.00716. The predicted molar refractivity (Wildman–Crippen MR) is 228 cm³/mol. The van der Waals surface area contributed by atoms with Gasteiger partial charge in [0.1, 0.15) is 18.8 Å². The lowest BCUT2D eigenvalue weighted by Crippen LogP contribution is -2.43. The van der Waals surface area contributed by atoms with Crippen LogP contribution >= 0.6 is 0 Å². The largest absolute Gasteiger partial charge is 0.480 e. The van der Waals surface area contributed by atoms with E-state index in [1.807, 2.05) is 0 Å². The Balaban J connectivity index is 4.52. The van der Waals surface area contributed by atoms with Gasteiger partial charge in [0.15, 0.2) is 0 Å². The number of carbonyl (C=O) groups is 3. The second-order valence-electron chi connectivity index (χ2n) is 14.5. The van der Waals surface area contributed by atoms with Gasteiger partial charge in [-0.3, -0.25) is 0 Å². The summed E-state index contributed by atoms with van der Waals surface area (Å²) in [6, 6.07) is 0. The molecule has 0 aliphatic heterocycles. The number of rotatable bonds is 49. The third-order valence-electron chi connectivity index (χ3n) is 7.59. The number of methoxy groups -OCH3 is 2. The molecule has 0 fully saturated rings. The van der Waals surface area contributed by atoms with Gasteiger partial charge in [-0.2, -0.15) is 0 Å². The number of aliphatic carboxylic acids is 1. The van der Waals surface area contributed by atoms with Crippen LogP contribution in [0.4, 0.5) is 9.59 Å². The molecule has 23 heteroatoms. The fourth-order valence-corrected chi connectivity index (χ4v) is 4.62. The summed E-state index contributed by atoms with van der Waals surface area (Å²) in [5, 5.41) is 14.3. The number of hydrogen-bond acceptors (Lipinski definition) is 20. The quantitative estimate of drug-likeness (QED) is 0.0714. The topological polar surface area (TPSA) is 252 Å². The van der Waals surface area contributed by atoms with Crippen molar-refractivity contribution in [1.82, 2.24) is 10.6 Å². The first-order chi connectivity index (χ1) is 31.0. The highest BCUT2D eigenvalue weighted by Gasteiger charge is 2.33. The Kier molecular flexibility index (Phi) is 43.7. The molecule has 0 radical (unpaired) electrons. The molecule has 0 aromatic carbocycles. The molecule has 0 aromatic rings. The molecular weight excluding hydrogens is 856 g/mol.